The zero-order valence-corrected chi connectivity index (χ0v) is 10.9. The molecule has 1 unspecified atom stereocenters. The van der Waals surface area contributed by atoms with E-state index in [1.165, 1.54) is 0 Å². The molecule has 1 atom stereocenters. The summed E-state index contributed by atoms with van der Waals surface area (Å²) < 4.78 is 0. The second-order valence-electron chi connectivity index (χ2n) is 4.33. The average molecular weight is 256 g/mol. The van der Waals surface area contributed by atoms with Crippen LogP contribution in [0.25, 0.3) is 0 Å². The van der Waals surface area contributed by atoms with E-state index in [2.05, 4.69) is 4.90 Å². The lowest BCUT2D eigenvalue weighted by Crippen LogP contribution is -2.29. The number of nitrogens with zero attached hydrogens (tertiary/aromatic N) is 1. The maximum atomic E-state index is 10.5. The van der Waals surface area contributed by atoms with Gasteiger partial charge in [-0.05, 0) is 38.1 Å². The van der Waals surface area contributed by atoms with Gasteiger partial charge in [0.25, 0.3) is 0 Å². The van der Waals surface area contributed by atoms with Crippen molar-refractivity contribution in [3.05, 3.63) is 34.9 Å². The molecular formula is C13H18ClNO2. The van der Waals surface area contributed by atoms with E-state index < -0.39 is 5.97 Å². The molecule has 0 fully saturated rings. The highest BCUT2D eigenvalue weighted by molar-refractivity contribution is 6.30. The molecule has 3 nitrogen and oxygen atoms in total. The molecule has 0 aliphatic heterocycles. The lowest BCUT2D eigenvalue weighted by atomic mass is 10.1. The Morgan fingerprint density at radius 3 is 2.82 bits per heavy atom. The highest BCUT2D eigenvalue weighted by Gasteiger charge is 2.11. The van der Waals surface area contributed by atoms with E-state index in [-0.39, 0.29) is 12.5 Å². The van der Waals surface area contributed by atoms with Crippen molar-refractivity contribution in [1.29, 1.82) is 0 Å². The summed E-state index contributed by atoms with van der Waals surface area (Å²) in [5.74, 6) is -0.743. The minimum absolute atomic E-state index is 0.209. The maximum absolute atomic E-state index is 10.5. The third-order valence-electron chi connectivity index (χ3n) is 2.85. The number of aliphatic carboxylic acids is 1. The fourth-order valence-corrected chi connectivity index (χ4v) is 1.84. The Balaban J connectivity index is 2.48. The fraction of sp³-hybridized carbons (Fsp3) is 0.462. The van der Waals surface area contributed by atoms with E-state index in [1.54, 1.807) is 0 Å². The van der Waals surface area contributed by atoms with Crippen molar-refractivity contribution in [1.82, 2.24) is 4.90 Å². The van der Waals surface area contributed by atoms with E-state index in [9.17, 15) is 4.79 Å². The number of rotatable bonds is 6. The van der Waals surface area contributed by atoms with Gasteiger partial charge in [0.05, 0.1) is 0 Å². The van der Waals surface area contributed by atoms with Crippen LogP contribution >= 0.6 is 11.6 Å². The van der Waals surface area contributed by atoms with Crippen LogP contribution in [-0.2, 0) is 11.3 Å². The van der Waals surface area contributed by atoms with Crippen LogP contribution in [0.5, 0.6) is 0 Å². The molecule has 4 heteroatoms. The summed E-state index contributed by atoms with van der Waals surface area (Å²) >= 11 is 5.91. The summed E-state index contributed by atoms with van der Waals surface area (Å²) in [5.41, 5.74) is 1.14. The summed E-state index contributed by atoms with van der Waals surface area (Å²) in [5, 5.41) is 9.36. The Bertz CT molecular complexity index is 381. The predicted molar refractivity (Wildman–Crippen MR) is 69.3 cm³/mol. The molecule has 1 aromatic rings. The van der Waals surface area contributed by atoms with Crippen LogP contribution in [0.2, 0.25) is 5.02 Å². The first kappa shape index (κ1) is 14.0. The first-order valence-corrected chi connectivity index (χ1v) is 6.03. The Morgan fingerprint density at radius 2 is 2.24 bits per heavy atom. The van der Waals surface area contributed by atoms with Crippen molar-refractivity contribution in [2.75, 3.05) is 7.05 Å². The highest BCUT2D eigenvalue weighted by Crippen LogP contribution is 2.14. The van der Waals surface area contributed by atoms with Crippen LogP contribution in [-0.4, -0.2) is 29.1 Å². The zero-order valence-electron chi connectivity index (χ0n) is 10.2. The molecule has 0 heterocycles. The molecule has 17 heavy (non-hydrogen) atoms. The van der Waals surface area contributed by atoms with E-state index in [4.69, 9.17) is 16.7 Å². The van der Waals surface area contributed by atoms with Crippen LogP contribution in [0.3, 0.4) is 0 Å². The molecule has 1 rings (SSSR count). The Hall–Kier alpha value is -1.06. The van der Waals surface area contributed by atoms with Crippen LogP contribution in [0.15, 0.2) is 24.3 Å². The number of halogens is 1. The Kier molecular flexibility index (Phi) is 5.45. The van der Waals surface area contributed by atoms with Gasteiger partial charge in [-0.3, -0.25) is 9.69 Å². The van der Waals surface area contributed by atoms with Gasteiger partial charge in [-0.25, -0.2) is 0 Å². The molecule has 1 aromatic carbocycles. The predicted octanol–water partition coefficient (Wildman–Crippen LogP) is 3.03. The van der Waals surface area contributed by atoms with E-state index in [0.29, 0.717) is 6.42 Å². The molecule has 0 aromatic heterocycles. The lowest BCUT2D eigenvalue weighted by Gasteiger charge is -2.24. The number of carboxylic acids is 1. The number of carboxylic acid groups (broad SMARTS) is 1. The monoisotopic (exact) mass is 255 g/mol. The van der Waals surface area contributed by atoms with Gasteiger partial charge in [0.15, 0.2) is 0 Å². The SMILES string of the molecule is CC(CCC(=O)O)N(C)Cc1cccc(Cl)c1. The van der Waals surface area contributed by atoms with Gasteiger partial charge in [0.2, 0.25) is 0 Å². The third-order valence-corrected chi connectivity index (χ3v) is 3.08. The van der Waals surface area contributed by atoms with Crippen LogP contribution < -0.4 is 0 Å². The van der Waals surface area contributed by atoms with Crippen LogP contribution in [0, 0.1) is 0 Å². The summed E-state index contributed by atoms with van der Waals surface area (Å²) in [6, 6.07) is 7.96. The van der Waals surface area contributed by atoms with Gasteiger partial charge in [-0.15, -0.1) is 0 Å². The average Bonchev–Trinajstić information content (AvgIpc) is 2.25. The van der Waals surface area contributed by atoms with Crippen molar-refractivity contribution in [3.63, 3.8) is 0 Å². The smallest absolute Gasteiger partial charge is 0.303 e. The van der Waals surface area contributed by atoms with Crippen molar-refractivity contribution in [2.24, 2.45) is 0 Å². The molecule has 0 saturated carbocycles. The molecule has 0 radical (unpaired) electrons. The molecule has 0 aliphatic carbocycles. The van der Waals surface area contributed by atoms with Crippen LogP contribution in [0.4, 0.5) is 0 Å². The van der Waals surface area contributed by atoms with Gasteiger partial charge in [-0.2, -0.15) is 0 Å². The highest BCUT2D eigenvalue weighted by atomic mass is 35.5. The Labute approximate surface area is 107 Å². The molecule has 0 aliphatic rings. The Morgan fingerprint density at radius 1 is 1.53 bits per heavy atom. The minimum atomic E-state index is -0.743. The number of carbonyl (C=O) groups is 1. The fourth-order valence-electron chi connectivity index (χ4n) is 1.63. The number of benzene rings is 1. The molecule has 0 bridgehead atoms. The van der Waals surface area contributed by atoms with Gasteiger partial charge in [-0.1, -0.05) is 23.7 Å². The third kappa shape index (κ3) is 5.20. The van der Waals surface area contributed by atoms with E-state index in [1.807, 2.05) is 38.2 Å². The molecule has 1 N–H and O–H groups in total. The quantitative estimate of drug-likeness (QED) is 0.850. The second kappa shape index (κ2) is 6.62. The van der Waals surface area contributed by atoms with Gasteiger partial charge in [0, 0.05) is 24.0 Å². The topological polar surface area (TPSA) is 40.5 Å². The molecule has 0 spiro atoms. The van der Waals surface area contributed by atoms with Gasteiger partial charge < -0.3 is 5.11 Å². The zero-order chi connectivity index (χ0) is 12.8. The number of hydrogen-bond acceptors (Lipinski definition) is 2. The van der Waals surface area contributed by atoms with Crippen molar-refractivity contribution < 1.29 is 9.90 Å². The summed E-state index contributed by atoms with van der Waals surface area (Å²) in [4.78, 5) is 12.6. The first-order valence-electron chi connectivity index (χ1n) is 5.65. The van der Waals surface area contributed by atoms with E-state index >= 15 is 0 Å². The van der Waals surface area contributed by atoms with Gasteiger partial charge in [0.1, 0.15) is 0 Å². The molecule has 0 amide bonds. The summed E-state index contributed by atoms with van der Waals surface area (Å²) in [6.07, 6.45) is 0.869. The van der Waals surface area contributed by atoms with E-state index in [0.717, 1.165) is 17.1 Å². The van der Waals surface area contributed by atoms with Crippen LogP contribution in [0.1, 0.15) is 25.3 Å². The molecule has 0 saturated heterocycles. The molecular weight excluding hydrogens is 238 g/mol. The number of hydrogen-bond donors (Lipinski definition) is 1. The maximum Gasteiger partial charge on any atom is 0.303 e. The van der Waals surface area contributed by atoms with Gasteiger partial charge >= 0.3 is 5.97 Å². The normalized spacial score (nSPS) is 12.7. The largest absolute Gasteiger partial charge is 0.481 e. The summed E-state index contributed by atoms with van der Waals surface area (Å²) in [6.45, 7) is 2.81. The standard InChI is InChI=1S/C13H18ClNO2/c1-10(6-7-13(16)17)15(2)9-11-4-3-5-12(14)8-11/h3-5,8,10H,6-7,9H2,1-2H3,(H,16,17). The minimum Gasteiger partial charge on any atom is -0.481 e. The lowest BCUT2D eigenvalue weighted by molar-refractivity contribution is -0.137. The molecule has 94 valence electrons. The van der Waals surface area contributed by atoms with Crippen molar-refractivity contribution >= 4 is 17.6 Å². The van der Waals surface area contributed by atoms with Crippen molar-refractivity contribution in [2.45, 2.75) is 32.4 Å². The first-order chi connectivity index (χ1) is 7.99. The summed E-state index contributed by atoms with van der Waals surface area (Å²) in [7, 11) is 1.99. The van der Waals surface area contributed by atoms with Crippen molar-refractivity contribution in [3.8, 4) is 0 Å². The second-order valence-corrected chi connectivity index (χ2v) is 4.76.